The fourth-order valence-corrected chi connectivity index (χ4v) is 3.04. The second-order valence-corrected chi connectivity index (χ2v) is 5.96. The highest BCUT2D eigenvalue weighted by Crippen LogP contribution is 2.26. The van der Waals surface area contributed by atoms with Crippen LogP contribution in [-0.2, 0) is 0 Å². The minimum atomic E-state index is 0.0221. The van der Waals surface area contributed by atoms with Gasteiger partial charge in [0.1, 0.15) is 0 Å². The molecule has 1 aliphatic rings. The van der Waals surface area contributed by atoms with E-state index in [-0.39, 0.29) is 5.91 Å². The number of hydrogen-bond donors (Lipinski definition) is 1. The predicted molar refractivity (Wildman–Crippen MR) is 73.0 cm³/mol. The van der Waals surface area contributed by atoms with E-state index in [0.717, 1.165) is 31.1 Å². The average molecular weight is 268 g/mol. The van der Waals surface area contributed by atoms with E-state index in [0.29, 0.717) is 17.0 Å². The van der Waals surface area contributed by atoms with Gasteiger partial charge in [0, 0.05) is 19.1 Å². The number of nitrogens with zero attached hydrogens (tertiary/aromatic N) is 3. The predicted octanol–water partition coefficient (Wildman–Crippen LogP) is 2.23. The van der Waals surface area contributed by atoms with Gasteiger partial charge in [-0.15, -0.1) is 10.2 Å². The number of rotatable bonds is 4. The van der Waals surface area contributed by atoms with Crippen molar-refractivity contribution in [2.45, 2.75) is 39.7 Å². The van der Waals surface area contributed by atoms with Crippen molar-refractivity contribution in [1.29, 1.82) is 0 Å². The molecule has 0 aliphatic carbocycles. The van der Waals surface area contributed by atoms with Crippen molar-refractivity contribution >= 4 is 22.4 Å². The number of amides is 1. The van der Waals surface area contributed by atoms with Crippen LogP contribution in [0.2, 0.25) is 0 Å². The highest BCUT2D eigenvalue weighted by atomic mass is 32.1. The van der Waals surface area contributed by atoms with E-state index in [1.807, 2.05) is 4.90 Å². The Bertz CT molecular complexity index is 420. The monoisotopic (exact) mass is 268 g/mol. The summed E-state index contributed by atoms with van der Waals surface area (Å²) in [5.41, 5.74) is 0. The lowest BCUT2D eigenvalue weighted by Crippen LogP contribution is -2.33. The quantitative estimate of drug-likeness (QED) is 0.909. The van der Waals surface area contributed by atoms with Crippen LogP contribution in [0.1, 0.15) is 43.4 Å². The van der Waals surface area contributed by atoms with E-state index in [1.54, 1.807) is 0 Å². The molecule has 1 amide bonds. The summed E-state index contributed by atoms with van der Waals surface area (Å²) in [4.78, 5) is 14.2. The summed E-state index contributed by atoms with van der Waals surface area (Å²) in [6, 6.07) is 0.309. The van der Waals surface area contributed by atoms with Crippen molar-refractivity contribution in [3.63, 3.8) is 0 Å². The molecule has 1 aliphatic heterocycles. The fourth-order valence-electron chi connectivity index (χ4n) is 2.32. The zero-order valence-corrected chi connectivity index (χ0v) is 12.0. The minimum Gasteiger partial charge on any atom is -0.360 e. The number of aromatic nitrogens is 2. The third kappa shape index (κ3) is 2.80. The molecular formula is C12H20N4OS. The van der Waals surface area contributed by atoms with Gasteiger partial charge in [0.15, 0.2) is 0 Å². The van der Waals surface area contributed by atoms with E-state index >= 15 is 0 Å². The molecule has 1 fully saturated rings. The lowest BCUT2D eigenvalue weighted by atomic mass is 10.1. The smallest absolute Gasteiger partial charge is 0.285 e. The first-order valence-electron chi connectivity index (χ1n) is 6.50. The van der Waals surface area contributed by atoms with Crippen LogP contribution >= 0.6 is 11.3 Å². The van der Waals surface area contributed by atoms with E-state index in [2.05, 4.69) is 36.3 Å². The molecule has 0 saturated carbocycles. The van der Waals surface area contributed by atoms with Gasteiger partial charge in [0.25, 0.3) is 5.91 Å². The fraction of sp³-hybridized carbons (Fsp3) is 0.750. The Morgan fingerprint density at radius 3 is 2.89 bits per heavy atom. The molecule has 1 aromatic rings. The first-order chi connectivity index (χ1) is 8.61. The molecule has 1 saturated heterocycles. The Kier molecular flexibility index (Phi) is 4.16. The van der Waals surface area contributed by atoms with Crippen LogP contribution in [0, 0.1) is 5.92 Å². The Balaban J connectivity index is 2.02. The Morgan fingerprint density at radius 1 is 1.50 bits per heavy atom. The van der Waals surface area contributed by atoms with Crippen molar-refractivity contribution in [2.24, 2.45) is 5.92 Å². The van der Waals surface area contributed by atoms with Crippen LogP contribution in [-0.4, -0.2) is 40.1 Å². The number of hydrogen-bond acceptors (Lipinski definition) is 5. The summed E-state index contributed by atoms with van der Waals surface area (Å²) in [5, 5.41) is 12.4. The average Bonchev–Trinajstić information content (AvgIpc) is 2.92. The van der Waals surface area contributed by atoms with E-state index in [9.17, 15) is 4.79 Å². The molecule has 0 aromatic carbocycles. The molecule has 5 nitrogen and oxygen atoms in total. The first kappa shape index (κ1) is 13.3. The van der Waals surface area contributed by atoms with Gasteiger partial charge in [-0.3, -0.25) is 4.79 Å². The van der Waals surface area contributed by atoms with E-state index in [4.69, 9.17) is 0 Å². The summed E-state index contributed by atoms with van der Waals surface area (Å²) in [5.74, 6) is 0.600. The van der Waals surface area contributed by atoms with Crippen molar-refractivity contribution in [3.05, 3.63) is 5.01 Å². The molecule has 1 N–H and O–H groups in total. The SMILES string of the molecule is CCCNc1nnc(C(=O)N2CC(C)CC2C)s1. The van der Waals surface area contributed by atoms with Crippen LogP contribution in [0.4, 0.5) is 5.13 Å². The summed E-state index contributed by atoms with van der Waals surface area (Å²) < 4.78 is 0. The van der Waals surface area contributed by atoms with Crippen molar-refractivity contribution in [2.75, 3.05) is 18.4 Å². The third-order valence-electron chi connectivity index (χ3n) is 3.18. The van der Waals surface area contributed by atoms with Gasteiger partial charge in [0.05, 0.1) is 0 Å². The number of likely N-dealkylation sites (tertiary alicyclic amines) is 1. The van der Waals surface area contributed by atoms with Crippen LogP contribution in [0.3, 0.4) is 0 Å². The van der Waals surface area contributed by atoms with Gasteiger partial charge in [-0.25, -0.2) is 0 Å². The number of carbonyl (C=O) groups excluding carboxylic acids is 1. The molecule has 0 spiro atoms. The maximum Gasteiger partial charge on any atom is 0.285 e. The summed E-state index contributed by atoms with van der Waals surface area (Å²) in [6.45, 7) is 8.06. The lowest BCUT2D eigenvalue weighted by molar-refractivity contribution is 0.0742. The molecule has 100 valence electrons. The van der Waals surface area contributed by atoms with Crippen molar-refractivity contribution in [1.82, 2.24) is 15.1 Å². The zero-order valence-electron chi connectivity index (χ0n) is 11.1. The second kappa shape index (κ2) is 5.65. The van der Waals surface area contributed by atoms with E-state index in [1.165, 1.54) is 11.3 Å². The summed E-state index contributed by atoms with van der Waals surface area (Å²) in [6.07, 6.45) is 2.11. The third-order valence-corrected chi connectivity index (χ3v) is 4.05. The Hall–Kier alpha value is -1.17. The molecule has 0 radical (unpaired) electrons. The van der Waals surface area contributed by atoms with Gasteiger partial charge in [-0.1, -0.05) is 25.2 Å². The summed E-state index contributed by atoms with van der Waals surface area (Å²) >= 11 is 1.35. The molecule has 18 heavy (non-hydrogen) atoms. The second-order valence-electron chi connectivity index (χ2n) is 4.99. The van der Waals surface area contributed by atoms with Crippen molar-refractivity contribution < 1.29 is 4.79 Å². The van der Waals surface area contributed by atoms with E-state index < -0.39 is 0 Å². The van der Waals surface area contributed by atoms with Crippen LogP contribution < -0.4 is 5.32 Å². The first-order valence-corrected chi connectivity index (χ1v) is 7.31. The molecule has 2 atom stereocenters. The molecule has 6 heteroatoms. The van der Waals surface area contributed by atoms with Gasteiger partial charge in [-0.2, -0.15) is 0 Å². The van der Waals surface area contributed by atoms with Crippen LogP contribution in [0.5, 0.6) is 0 Å². The Morgan fingerprint density at radius 2 is 2.28 bits per heavy atom. The molecular weight excluding hydrogens is 248 g/mol. The van der Waals surface area contributed by atoms with Crippen LogP contribution in [0.25, 0.3) is 0 Å². The number of carbonyl (C=O) groups is 1. The minimum absolute atomic E-state index is 0.0221. The number of anilines is 1. The van der Waals surface area contributed by atoms with Gasteiger partial charge in [-0.05, 0) is 25.7 Å². The number of nitrogens with one attached hydrogen (secondary N) is 1. The van der Waals surface area contributed by atoms with Gasteiger partial charge >= 0.3 is 0 Å². The molecule has 2 heterocycles. The van der Waals surface area contributed by atoms with Crippen molar-refractivity contribution in [3.8, 4) is 0 Å². The van der Waals surface area contributed by atoms with Gasteiger partial charge in [0.2, 0.25) is 10.1 Å². The standard InChI is InChI=1S/C12H20N4OS/c1-4-5-13-12-15-14-10(18-12)11(17)16-7-8(2)6-9(16)3/h8-9H,4-7H2,1-3H3,(H,13,15). The largest absolute Gasteiger partial charge is 0.360 e. The summed E-state index contributed by atoms with van der Waals surface area (Å²) in [7, 11) is 0. The topological polar surface area (TPSA) is 58.1 Å². The molecule has 2 rings (SSSR count). The lowest BCUT2D eigenvalue weighted by Gasteiger charge is -2.19. The van der Waals surface area contributed by atoms with Gasteiger partial charge < -0.3 is 10.2 Å². The highest BCUT2D eigenvalue weighted by molar-refractivity contribution is 7.17. The maximum atomic E-state index is 12.3. The zero-order chi connectivity index (χ0) is 13.1. The molecule has 0 bridgehead atoms. The molecule has 2 unspecified atom stereocenters. The molecule has 1 aromatic heterocycles. The maximum absolute atomic E-state index is 12.3. The normalized spacial score (nSPS) is 23.4. The highest BCUT2D eigenvalue weighted by Gasteiger charge is 2.32. The Labute approximate surface area is 112 Å². The van der Waals surface area contributed by atoms with Crippen LogP contribution in [0.15, 0.2) is 0 Å².